The first-order valence-corrected chi connectivity index (χ1v) is 13.2. The number of carbonyl (C=O) groups excluding carboxylic acids is 2. The zero-order valence-corrected chi connectivity index (χ0v) is 23.1. The fourth-order valence-corrected chi connectivity index (χ4v) is 4.59. The fraction of sp³-hybridized carbons (Fsp3) is 0.407. The molecule has 1 heterocycles. The summed E-state index contributed by atoms with van der Waals surface area (Å²) in [5, 5.41) is 28.7. The van der Waals surface area contributed by atoms with Gasteiger partial charge in [-0.15, -0.1) is 0 Å². The van der Waals surface area contributed by atoms with Crippen molar-refractivity contribution >= 4 is 41.0 Å². The zero-order chi connectivity index (χ0) is 29.2. The number of urea groups is 1. The van der Waals surface area contributed by atoms with Crippen LogP contribution in [0.1, 0.15) is 47.3 Å². The summed E-state index contributed by atoms with van der Waals surface area (Å²) in [6.07, 6.45) is 1.44. The Balaban J connectivity index is 1.90. The highest BCUT2D eigenvalue weighted by Gasteiger charge is 2.35. The molecule has 1 saturated heterocycles. The van der Waals surface area contributed by atoms with Crippen LogP contribution in [0.25, 0.3) is 0 Å². The summed E-state index contributed by atoms with van der Waals surface area (Å²) < 4.78 is 5.43. The second-order valence-corrected chi connectivity index (χ2v) is 9.64. The Kier molecular flexibility index (Phi) is 11.0. The smallest absolute Gasteiger partial charge is 0.337 e. The van der Waals surface area contributed by atoms with E-state index < -0.39 is 29.9 Å². The van der Waals surface area contributed by atoms with E-state index in [0.717, 1.165) is 4.90 Å². The maximum absolute atomic E-state index is 13.7. The molecule has 2 aromatic carbocycles. The van der Waals surface area contributed by atoms with Crippen LogP contribution in [0.5, 0.6) is 5.75 Å². The molecule has 6 N–H and O–H groups in total. The molecule has 0 aromatic heterocycles. The van der Waals surface area contributed by atoms with Crippen LogP contribution in [0.2, 0.25) is 5.02 Å². The predicted molar refractivity (Wildman–Crippen MR) is 149 cm³/mol. The Hall–Kier alpha value is -4.03. The Morgan fingerprint density at radius 2 is 2.08 bits per heavy atom. The summed E-state index contributed by atoms with van der Waals surface area (Å²) >= 11 is 6.19. The fourth-order valence-electron chi connectivity index (χ4n) is 4.39. The van der Waals surface area contributed by atoms with Crippen LogP contribution >= 0.6 is 11.6 Å². The maximum atomic E-state index is 13.7. The molecule has 12 nitrogen and oxygen atoms in total. The quantitative estimate of drug-likeness (QED) is 0.153. The Morgan fingerprint density at radius 1 is 1.30 bits per heavy atom. The molecule has 0 bridgehead atoms. The number of nitrogens with two attached hydrogens (primary N) is 1. The van der Waals surface area contributed by atoms with E-state index >= 15 is 0 Å². The number of benzene rings is 2. The van der Waals surface area contributed by atoms with E-state index in [9.17, 15) is 19.5 Å². The number of anilines is 1. The van der Waals surface area contributed by atoms with Gasteiger partial charge in [0.1, 0.15) is 12.4 Å². The first-order chi connectivity index (χ1) is 19.2. The minimum atomic E-state index is -1.15. The summed E-state index contributed by atoms with van der Waals surface area (Å²) in [6.45, 7) is 1.59. The summed E-state index contributed by atoms with van der Waals surface area (Å²) in [5.41, 5.74) is 7.28. The van der Waals surface area contributed by atoms with Crippen molar-refractivity contribution in [2.75, 3.05) is 39.1 Å². The minimum absolute atomic E-state index is 0.0397. The molecular weight excluding hydrogens is 542 g/mol. The second kappa shape index (κ2) is 14.4. The average Bonchev–Trinajstić information content (AvgIpc) is 3.07. The van der Waals surface area contributed by atoms with Crippen LogP contribution in [0, 0.1) is 5.92 Å². The van der Waals surface area contributed by atoms with E-state index in [1.54, 1.807) is 24.3 Å². The standard InChI is InChI=1S/C27H34ClN5O7/c1-3-4-22(16-5-7-20(26(36)37)21(29)13-16)31-27(38)33-15-24(32-40-10-9-34)30-14-18(25(33)35)11-17-12-19(28)6-8-23(17)39-2/h5-8,12-13,18,22,34H,3-4,9-11,14-15,29H2,1-2H3,(H,30,32)(H,31,38)(H,36,37)/t18-,22+/m0/s1. The molecule has 3 amide bonds. The van der Waals surface area contributed by atoms with Crippen molar-refractivity contribution in [3.05, 3.63) is 58.1 Å². The number of nitrogens with one attached hydrogen (secondary N) is 2. The number of hydrogen-bond donors (Lipinski definition) is 5. The minimum Gasteiger partial charge on any atom is -0.496 e. The van der Waals surface area contributed by atoms with Gasteiger partial charge in [0, 0.05) is 17.3 Å². The topological polar surface area (TPSA) is 176 Å². The Labute approximate surface area is 237 Å². The Morgan fingerprint density at radius 3 is 2.73 bits per heavy atom. The van der Waals surface area contributed by atoms with Crippen LogP contribution in [0.3, 0.4) is 0 Å². The van der Waals surface area contributed by atoms with Gasteiger partial charge in [0.25, 0.3) is 0 Å². The third-order valence-electron chi connectivity index (χ3n) is 6.37. The number of nitrogen functional groups attached to an aromatic ring is 1. The molecule has 1 aliphatic rings. The number of amidine groups is 1. The first-order valence-electron chi connectivity index (χ1n) is 12.8. The molecule has 0 spiro atoms. The average molecular weight is 576 g/mol. The number of amides is 3. The molecular formula is C27H34ClN5O7. The predicted octanol–water partition coefficient (Wildman–Crippen LogP) is 2.79. The molecule has 2 aromatic rings. The first kappa shape index (κ1) is 30.5. The number of hydrogen-bond acceptors (Lipinski definition) is 8. The van der Waals surface area contributed by atoms with Gasteiger partial charge in [0.2, 0.25) is 5.91 Å². The number of aliphatic hydroxyl groups excluding tert-OH is 1. The van der Waals surface area contributed by atoms with E-state index in [1.807, 2.05) is 6.92 Å². The summed E-state index contributed by atoms with van der Waals surface area (Å²) in [5.74, 6) is -1.49. The van der Waals surface area contributed by atoms with Crippen LogP contribution in [-0.2, 0) is 16.1 Å². The number of imide groups is 1. The van der Waals surface area contributed by atoms with Gasteiger partial charge in [-0.1, -0.05) is 36.2 Å². The number of aliphatic hydroxyl groups is 1. The lowest BCUT2D eigenvalue weighted by molar-refractivity contribution is -0.131. The largest absolute Gasteiger partial charge is 0.496 e. The summed E-state index contributed by atoms with van der Waals surface area (Å²) in [4.78, 5) is 44.8. The van der Waals surface area contributed by atoms with Gasteiger partial charge in [0.05, 0.1) is 37.8 Å². The monoisotopic (exact) mass is 575 g/mol. The van der Waals surface area contributed by atoms with Gasteiger partial charge < -0.3 is 36.2 Å². The number of ether oxygens (including phenoxy) is 1. The number of nitrogens with zero attached hydrogens (tertiary/aromatic N) is 2. The van der Waals surface area contributed by atoms with E-state index in [1.165, 1.54) is 19.2 Å². The Bertz CT molecular complexity index is 1260. The van der Waals surface area contributed by atoms with E-state index in [4.69, 9.17) is 32.0 Å². The molecule has 40 heavy (non-hydrogen) atoms. The van der Waals surface area contributed by atoms with Gasteiger partial charge in [-0.3, -0.25) is 9.69 Å². The number of aromatic carboxylic acids is 1. The van der Waals surface area contributed by atoms with Crippen LogP contribution in [-0.4, -0.2) is 72.3 Å². The highest BCUT2D eigenvalue weighted by Crippen LogP contribution is 2.27. The lowest BCUT2D eigenvalue weighted by atomic mass is 9.97. The summed E-state index contributed by atoms with van der Waals surface area (Å²) in [6, 6.07) is 8.41. The molecule has 13 heteroatoms. The van der Waals surface area contributed by atoms with E-state index in [0.29, 0.717) is 34.7 Å². The second-order valence-electron chi connectivity index (χ2n) is 9.20. The van der Waals surface area contributed by atoms with Crippen LogP contribution < -0.4 is 21.1 Å². The number of methoxy groups -OCH3 is 1. The third-order valence-corrected chi connectivity index (χ3v) is 6.61. The van der Waals surface area contributed by atoms with Crippen molar-refractivity contribution in [2.24, 2.45) is 11.1 Å². The van der Waals surface area contributed by atoms with Gasteiger partial charge in [-0.05, 0) is 54.3 Å². The molecule has 0 unspecified atom stereocenters. The van der Waals surface area contributed by atoms with E-state index in [2.05, 4.69) is 15.8 Å². The van der Waals surface area contributed by atoms with Crippen molar-refractivity contribution in [3.63, 3.8) is 0 Å². The normalized spacial score (nSPS) is 17.1. The van der Waals surface area contributed by atoms with Crippen LogP contribution in [0.15, 0.2) is 41.6 Å². The van der Waals surface area contributed by atoms with Crippen molar-refractivity contribution in [1.29, 1.82) is 0 Å². The van der Waals surface area contributed by atoms with Gasteiger partial charge in [-0.25, -0.2) is 9.59 Å². The lowest BCUT2D eigenvalue weighted by Crippen LogP contribution is -2.48. The number of oxime groups is 1. The number of carboxylic acid groups (broad SMARTS) is 1. The number of carbonyl (C=O) groups is 3. The van der Waals surface area contributed by atoms with E-state index in [-0.39, 0.29) is 49.8 Å². The molecule has 1 fully saturated rings. The van der Waals surface area contributed by atoms with Crippen molar-refractivity contribution in [1.82, 2.24) is 15.5 Å². The summed E-state index contributed by atoms with van der Waals surface area (Å²) in [7, 11) is 1.52. The number of carboxylic acids is 1. The molecule has 1 aliphatic heterocycles. The van der Waals surface area contributed by atoms with Crippen molar-refractivity contribution in [3.8, 4) is 5.75 Å². The number of rotatable bonds is 11. The van der Waals surface area contributed by atoms with Gasteiger partial charge in [0.15, 0.2) is 5.84 Å². The number of halogens is 1. The molecule has 3 rings (SSSR count). The zero-order valence-electron chi connectivity index (χ0n) is 22.4. The molecule has 0 saturated carbocycles. The SMILES string of the molecule is CCC[C@@H](NC(=O)N1C/C(=N\OCCO)NC[C@H](Cc2cc(Cl)ccc2OC)C1=O)c1ccc(C(=O)O)c(N)c1. The lowest BCUT2D eigenvalue weighted by Gasteiger charge is -2.26. The molecule has 0 radical (unpaired) electrons. The van der Waals surface area contributed by atoms with Crippen molar-refractivity contribution < 1.29 is 34.2 Å². The van der Waals surface area contributed by atoms with Crippen molar-refractivity contribution in [2.45, 2.75) is 32.2 Å². The van der Waals surface area contributed by atoms with Crippen LogP contribution in [0.4, 0.5) is 10.5 Å². The highest BCUT2D eigenvalue weighted by atomic mass is 35.5. The molecule has 216 valence electrons. The third kappa shape index (κ3) is 7.76. The molecule has 2 atom stereocenters. The van der Waals surface area contributed by atoms with Gasteiger partial charge >= 0.3 is 12.0 Å². The molecule has 0 aliphatic carbocycles. The van der Waals surface area contributed by atoms with Gasteiger partial charge in [-0.2, -0.15) is 0 Å². The highest BCUT2D eigenvalue weighted by molar-refractivity contribution is 6.30. The maximum Gasteiger partial charge on any atom is 0.337 e.